The molecule has 1 aromatic heterocycles. The molecule has 0 unspecified atom stereocenters. The number of nitrogens with one attached hydrogen (secondary N) is 1. The molecule has 1 aromatic carbocycles. The van der Waals surface area contributed by atoms with Crippen LogP contribution in [0.1, 0.15) is 43.3 Å². The lowest BCUT2D eigenvalue weighted by atomic mass is 10.0. The molecule has 0 amide bonds. The lowest BCUT2D eigenvalue weighted by Crippen LogP contribution is -2.38. The van der Waals surface area contributed by atoms with Gasteiger partial charge < -0.3 is 14.8 Å². The Balaban J connectivity index is 2.40. The van der Waals surface area contributed by atoms with Crippen LogP contribution in [0.15, 0.2) is 28.7 Å². The van der Waals surface area contributed by atoms with Crippen molar-refractivity contribution in [2.75, 3.05) is 0 Å². The molecule has 2 rings (SSSR count). The van der Waals surface area contributed by atoms with Gasteiger partial charge in [-0.3, -0.25) is 0 Å². The van der Waals surface area contributed by atoms with Crippen molar-refractivity contribution in [3.63, 3.8) is 0 Å². The first-order chi connectivity index (χ1) is 8.94. The van der Waals surface area contributed by atoms with Gasteiger partial charge in [0.1, 0.15) is 5.58 Å². The molecule has 0 atom stereocenters. The van der Waals surface area contributed by atoms with E-state index in [0.717, 1.165) is 11.8 Å². The lowest BCUT2D eigenvalue weighted by molar-refractivity contribution is 0.0663. The topological polar surface area (TPSA) is 62.5 Å². The van der Waals surface area contributed by atoms with E-state index in [0.29, 0.717) is 17.7 Å². The van der Waals surface area contributed by atoms with Crippen LogP contribution >= 0.6 is 0 Å². The fraction of sp³-hybridized carbons (Fsp3) is 0.400. The van der Waals surface area contributed by atoms with Crippen LogP contribution in [0.2, 0.25) is 0 Å². The quantitative estimate of drug-likeness (QED) is 0.865. The monoisotopic (exact) mass is 261 g/mol. The van der Waals surface area contributed by atoms with Gasteiger partial charge in [0.25, 0.3) is 0 Å². The number of carboxylic acids is 1. The van der Waals surface area contributed by atoms with E-state index < -0.39 is 5.97 Å². The molecule has 0 fully saturated rings. The van der Waals surface area contributed by atoms with Gasteiger partial charge in [0.05, 0.1) is 0 Å². The molecule has 2 N–H and O–H groups in total. The van der Waals surface area contributed by atoms with Crippen molar-refractivity contribution in [3.05, 3.63) is 35.6 Å². The number of carboxylic acid groups (broad SMARTS) is 1. The van der Waals surface area contributed by atoms with Crippen molar-refractivity contribution < 1.29 is 14.3 Å². The number of para-hydroxylation sites is 1. The summed E-state index contributed by atoms with van der Waals surface area (Å²) in [5, 5.41) is 13.5. The number of furan rings is 1. The van der Waals surface area contributed by atoms with E-state index in [1.54, 1.807) is 6.07 Å². The van der Waals surface area contributed by atoms with Crippen molar-refractivity contribution in [2.45, 2.75) is 39.3 Å². The van der Waals surface area contributed by atoms with E-state index in [1.807, 2.05) is 18.2 Å². The van der Waals surface area contributed by atoms with Gasteiger partial charge >= 0.3 is 5.97 Å². The number of hydrogen-bond acceptors (Lipinski definition) is 3. The minimum Gasteiger partial charge on any atom is -0.475 e. The molecule has 0 aliphatic rings. The largest absolute Gasteiger partial charge is 0.475 e. The number of aromatic carboxylic acids is 1. The van der Waals surface area contributed by atoms with Crippen LogP contribution in [0.5, 0.6) is 0 Å². The molecule has 1 heterocycles. The minimum atomic E-state index is -1.03. The summed E-state index contributed by atoms with van der Waals surface area (Å²) < 4.78 is 5.42. The summed E-state index contributed by atoms with van der Waals surface area (Å²) in [7, 11) is 0. The highest BCUT2D eigenvalue weighted by Gasteiger charge is 2.22. The minimum absolute atomic E-state index is 0.0283. The molecule has 4 nitrogen and oxygen atoms in total. The molecule has 2 aromatic rings. The third-order valence-corrected chi connectivity index (χ3v) is 3.52. The first-order valence-corrected chi connectivity index (χ1v) is 6.43. The fourth-order valence-electron chi connectivity index (χ4n) is 1.90. The SMILES string of the molecule is CCC(C)(C)NCc1c(C(=O)O)oc2ccccc12. The first kappa shape index (κ1) is 13.6. The van der Waals surface area contributed by atoms with Crippen molar-refractivity contribution in [1.82, 2.24) is 5.32 Å². The second-order valence-corrected chi connectivity index (χ2v) is 5.30. The maximum Gasteiger partial charge on any atom is 0.372 e. The molecule has 19 heavy (non-hydrogen) atoms. The Morgan fingerprint density at radius 1 is 1.37 bits per heavy atom. The van der Waals surface area contributed by atoms with Crippen molar-refractivity contribution in [1.29, 1.82) is 0 Å². The third-order valence-electron chi connectivity index (χ3n) is 3.52. The van der Waals surface area contributed by atoms with Crippen LogP contribution in [0.25, 0.3) is 11.0 Å². The smallest absolute Gasteiger partial charge is 0.372 e. The highest BCUT2D eigenvalue weighted by molar-refractivity contribution is 5.95. The number of fused-ring (bicyclic) bond motifs is 1. The third kappa shape index (κ3) is 2.79. The number of carbonyl (C=O) groups is 1. The molecule has 0 bridgehead atoms. The summed E-state index contributed by atoms with van der Waals surface area (Å²) in [4.78, 5) is 11.3. The second kappa shape index (κ2) is 5.05. The summed E-state index contributed by atoms with van der Waals surface area (Å²) in [6, 6.07) is 7.40. The molecular weight excluding hydrogens is 242 g/mol. The Bertz CT molecular complexity index is 598. The van der Waals surface area contributed by atoms with E-state index >= 15 is 0 Å². The lowest BCUT2D eigenvalue weighted by Gasteiger charge is -2.24. The summed E-state index contributed by atoms with van der Waals surface area (Å²) in [6.07, 6.45) is 0.963. The van der Waals surface area contributed by atoms with Crippen LogP contribution < -0.4 is 5.32 Å². The van der Waals surface area contributed by atoms with E-state index in [4.69, 9.17) is 4.42 Å². The maximum absolute atomic E-state index is 11.3. The van der Waals surface area contributed by atoms with Crippen molar-refractivity contribution in [2.24, 2.45) is 0 Å². The standard InChI is InChI=1S/C15H19NO3/c1-4-15(2,3)16-9-11-10-7-5-6-8-12(10)19-13(11)14(17)18/h5-8,16H,4,9H2,1-3H3,(H,17,18). The van der Waals surface area contributed by atoms with Gasteiger partial charge in [0.2, 0.25) is 5.76 Å². The molecule has 0 saturated carbocycles. The van der Waals surface area contributed by atoms with Gasteiger partial charge in [-0.2, -0.15) is 0 Å². The van der Waals surface area contributed by atoms with Gasteiger partial charge in [-0.15, -0.1) is 0 Å². The van der Waals surface area contributed by atoms with E-state index in [2.05, 4.69) is 26.1 Å². The summed E-state index contributed by atoms with van der Waals surface area (Å²) >= 11 is 0. The molecule has 0 aliphatic heterocycles. The van der Waals surface area contributed by atoms with Gasteiger partial charge in [0.15, 0.2) is 0 Å². The highest BCUT2D eigenvalue weighted by Crippen LogP contribution is 2.26. The second-order valence-electron chi connectivity index (χ2n) is 5.30. The average Bonchev–Trinajstić information content (AvgIpc) is 2.75. The average molecular weight is 261 g/mol. The van der Waals surface area contributed by atoms with Crippen LogP contribution in [0, 0.1) is 0 Å². The van der Waals surface area contributed by atoms with Gasteiger partial charge in [-0.05, 0) is 26.3 Å². The molecular formula is C15H19NO3. The highest BCUT2D eigenvalue weighted by atomic mass is 16.4. The summed E-state index contributed by atoms with van der Waals surface area (Å²) in [6.45, 7) is 6.77. The van der Waals surface area contributed by atoms with Crippen molar-refractivity contribution >= 4 is 16.9 Å². The summed E-state index contributed by atoms with van der Waals surface area (Å²) in [5.74, 6) is -0.997. The van der Waals surface area contributed by atoms with Gasteiger partial charge in [-0.1, -0.05) is 25.1 Å². The van der Waals surface area contributed by atoms with Crippen LogP contribution in [0.4, 0.5) is 0 Å². The molecule has 0 aliphatic carbocycles. The van der Waals surface area contributed by atoms with Crippen LogP contribution in [-0.4, -0.2) is 16.6 Å². The molecule has 0 radical (unpaired) electrons. The zero-order valence-electron chi connectivity index (χ0n) is 11.5. The Morgan fingerprint density at radius 2 is 2.05 bits per heavy atom. The Labute approximate surface area is 112 Å². The molecule has 102 valence electrons. The number of benzene rings is 1. The van der Waals surface area contributed by atoms with Crippen LogP contribution in [-0.2, 0) is 6.54 Å². The van der Waals surface area contributed by atoms with E-state index in [9.17, 15) is 9.90 Å². The van der Waals surface area contributed by atoms with Crippen LogP contribution in [0.3, 0.4) is 0 Å². The number of hydrogen-bond donors (Lipinski definition) is 2. The van der Waals surface area contributed by atoms with Gasteiger partial charge in [0, 0.05) is 23.0 Å². The Hall–Kier alpha value is -1.81. The number of rotatable bonds is 5. The predicted octanol–water partition coefficient (Wildman–Crippen LogP) is 3.41. The van der Waals surface area contributed by atoms with Gasteiger partial charge in [-0.25, -0.2) is 4.79 Å². The maximum atomic E-state index is 11.3. The zero-order valence-corrected chi connectivity index (χ0v) is 11.5. The zero-order chi connectivity index (χ0) is 14.0. The normalized spacial score (nSPS) is 11.9. The van der Waals surface area contributed by atoms with E-state index in [1.165, 1.54) is 0 Å². The van der Waals surface area contributed by atoms with Crippen molar-refractivity contribution in [3.8, 4) is 0 Å². The first-order valence-electron chi connectivity index (χ1n) is 6.43. The molecule has 0 spiro atoms. The predicted molar refractivity (Wildman–Crippen MR) is 74.4 cm³/mol. The molecule has 4 heteroatoms. The Morgan fingerprint density at radius 3 is 2.68 bits per heavy atom. The molecule has 0 saturated heterocycles. The Kier molecular flexibility index (Phi) is 3.62. The summed E-state index contributed by atoms with van der Waals surface area (Å²) in [5.41, 5.74) is 1.30. The van der Waals surface area contributed by atoms with E-state index in [-0.39, 0.29) is 11.3 Å². The fourth-order valence-corrected chi connectivity index (χ4v) is 1.90.